The number of hydrogen-bond donors (Lipinski definition) is 2. The first-order chi connectivity index (χ1) is 4.12. The summed E-state index contributed by atoms with van der Waals surface area (Å²) in [5, 5.41) is 8.18. The van der Waals surface area contributed by atoms with Crippen molar-refractivity contribution in [1.82, 2.24) is 0 Å². The van der Waals surface area contributed by atoms with Crippen LogP contribution in [0.1, 0.15) is 0 Å². The molecule has 0 aromatic rings. The molecule has 0 amide bonds. The topological polar surface area (TPSA) is 81.8 Å². The number of aliphatic hydroxyl groups excluding tert-OH is 1. The monoisotopic (exact) mass is 155 g/mol. The van der Waals surface area contributed by atoms with Crippen molar-refractivity contribution in [2.75, 3.05) is 19.9 Å². The summed E-state index contributed by atoms with van der Waals surface area (Å²) in [4.78, 5) is 0. The van der Waals surface area contributed by atoms with Crippen molar-refractivity contribution >= 4 is 7.60 Å². The lowest BCUT2D eigenvalue weighted by atomic mass is 10.8. The standard InChI is InChI=1S/C3H10NO4P/c1-9(6,8-4)7-3-2-5/h5H,2-4H2,1H3. The Hall–Kier alpha value is 0.0700. The van der Waals surface area contributed by atoms with Crippen molar-refractivity contribution in [2.24, 2.45) is 5.90 Å². The average molecular weight is 155 g/mol. The van der Waals surface area contributed by atoms with Crippen LogP contribution in [-0.2, 0) is 13.7 Å². The number of rotatable bonds is 4. The molecule has 9 heavy (non-hydrogen) atoms. The van der Waals surface area contributed by atoms with Gasteiger partial charge >= 0.3 is 7.60 Å². The van der Waals surface area contributed by atoms with Crippen molar-refractivity contribution in [3.05, 3.63) is 0 Å². The molecule has 5 nitrogen and oxygen atoms in total. The first kappa shape index (κ1) is 9.07. The highest BCUT2D eigenvalue weighted by Crippen LogP contribution is 2.40. The molecule has 0 heterocycles. The zero-order valence-corrected chi connectivity index (χ0v) is 6.01. The molecular formula is C3H10NO4P. The van der Waals surface area contributed by atoms with Crippen LogP contribution in [0.25, 0.3) is 0 Å². The smallest absolute Gasteiger partial charge is 0.343 e. The zero-order valence-electron chi connectivity index (χ0n) is 5.11. The Balaban J connectivity index is 3.46. The lowest BCUT2D eigenvalue weighted by molar-refractivity contribution is 0.165. The van der Waals surface area contributed by atoms with E-state index in [1.807, 2.05) is 0 Å². The lowest BCUT2D eigenvalue weighted by Gasteiger charge is -2.07. The molecule has 0 aliphatic heterocycles. The fraction of sp³-hybridized carbons (Fsp3) is 1.00. The van der Waals surface area contributed by atoms with Gasteiger partial charge in [0, 0.05) is 6.66 Å². The highest BCUT2D eigenvalue weighted by atomic mass is 31.2. The summed E-state index contributed by atoms with van der Waals surface area (Å²) in [6.07, 6.45) is 0. The molecule has 0 spiro atoms. The van der Waals surface area contributed by atoms with Gasteiger partial charge in [0.25, 0.3) is 0 Å². The highest BCUT2D eigenvalue weighted by Gasteiger charge is 2.13. The molecule has 0 aromatic heterocycles. The van der Waals surface area contributed by atoms with Crippen LogP contribution in [0.5, 0.6) is 0 Å². The zero-order chi connectivity index (χ0) is 7.33. The van der Waals surface area contributed by atoms with E-state index < -0.39 is 7.60 Å². The van der Waals surface area contributed by atoms with E-state index in [2.05, 4.69) is 15.0 Å². The van der Waals surface area contributed by atoms with E-state index in [9.17, 15) is 4.57 Å². The second kappa shape index (κ2) is 3.98. The Bertz CT molecular complexity index is 116. The molecule has 0 aromatic carbocycles. The maximum Gasteiger partial charge on any atom is 0.343 e. The van der Waals surface area contributed by atoms with Crippen molar-refractivity contribution in [3.63, 3.8) is 0 Å². The van der Waals surface area contributed by atoms with E-state index in [0.29, 0.717) is 0 Å². The molecule has 0 aliphatic rings. The van der Waals surface area contributed by atoms with Gasteiger partial charge in [-0.15, -0.1) is 0 Å². The molecule has 3 N–H and O–H groups in total. The Morgan fingerprint density at radius 3 is 2.67 bits per heavy atom. The summed E-state index contributed by atoms with van der Waals surface area (Å²) < 4.78 is 19.1. The van der Waals surface area contributed by atoms with Crippen molar-refractivity contribution in [3.8, 4) is 0 Å². The fourth-order valence-corrected chi connectivity index (χ4v) is 0.711. The van der Waals surface area contributed by atoms with Gasteiger partial charge in [0.15, 0.2) is 0 Å². The van der Waals surface area contributed by atoms with Gasteiger partial charge in [-0.1, -0.05) is 0 Å². The number of hydrogen-bond acceptors (Lipinski definition) is 5. The Morgan fingerprint density at radius 1 is 1.78 bits per heavy atom. The van der Waals surface area contributed by atoms with Crippen LogP contribution in [0.4, 0.5) is 0 Å². The summed E-state index contributed by atoms with van der Waals surface area (Å²) >= 11 is 0. The Morgan fingerprint density at radius 2 is 2.33 bits per heavy atom. The Labute approximate surface area is 53.2 Å². The molecule has 1 atom stereocenters. The van der Waals surface area contributed by atoms with Crippen LogP contribution in [-0.4, -0.2) is 25.0 Å². The third-order valence-corrected chi connectivity index (χ3v) is 1.64. The third kappa shape index (κ3) is 4.57. The third-order valence-electron chi connectivity index (χ3n) is 0.609. The summed E-state index contributed by atoms with van der Waals surface area (Å²) in [5.41, 5.74) is 0. The molecule has 0 fully saturated rings. The molecule has 0 saturated heterocycles. The molecule has 0 rings (SSSR count). The molecule has 0 aliphatic carbocycles. The SMILES string of the molecule is CP(=O)(ON)OCCO. The van der Waals surface area contributed by atoms with Gasteiger partial charge in [0.1, 0.15) is 0 Å². The summed E-state index contributed by atoms with van der Waals surface area (Å²) in [6, 6.07) is 0. The van der Waals surface area contributed by atoms with Gasteiger partial charge in [-0.05, 0) is 0 Å². The lowest BCUT2D eigenvalue weighted by Crippen LogP contribution is -2.02. The van der Waals surface area contributed by atoms with E-state index in [1.54, 1.807) is 0 Å². The molecular weight excluding hydrogens is 145 g/mol. The van der Waals surface area contributed by atoms with Crippen molar-refractivity contribution in [1.29, 1.82) is 0 Å². The second-order valence-electron chi connectivity index (χ2n) is 1.43. The van der Waals surface area contributed by atoms with E-state index in [-0.39, 0.29) is 13.2 Å². The van der Waals surface area contributed by atoms with Crippen LogP contribution >= 0.6 is 7.60 Å². The molecule has 6 heteroatoms. The number of nitrogens with two attached hydrogens (primary N) is 1. The molecule has 0 saturated carbocycles. The Kier molecular flexibility index (Phi) is 4.01. The first-order valence-corrected chi connectivity index (χ1v) is 4.33. The minimum absolute atomic E-state index is 0.0228. The summed E-state index contributed by atoms with van der Waals surface area (Å²) in [5.74, 6) is 4.58. The number of aliphatic hydroxyl groups is 1. The quantitative estimate of drug-likeness (QED) is 0.430. The van der Waals surface area contributed by atoms with E-state index >= 15 is 0 Å². The normalized spacial score (nSPS) is 17.2. The second-order valence-corrected chi connectivity index (χ2v) is 3.45. The van der Waals surface area contributed by atoms with Gasteiger partial charge in [-0.2, -0.15) is 0 Å². The largest absolute Gasteiger partial charge is 0.394 e. The predicted octanol–water partition coefficient (Wildman–Crippen LogP) is -0.292. The van der Waals surface area contributed by atoms with Crippen LogP contribution in [0.3, 0.4) is 0 Å². The van der Waals surface area contributed by atoms with Crippen LogP contribution in [0, 0.1) is 0 Å². The molecule has 0 bridgehead atoms. The van der Waals surface area contributed by atoms with Gasteiger partial charge in [0.2, 0.25) is 0 Å². The van der Waals surface area contributed by atoms with Gasteiger partial charge in [-0.25, -0.2) is 10.5 Å². The summed E-state index contributed by atoms with van der Waals surface area (Å²) in [6.45, 7) is 1.01. The molecule has 56 valence electrons. The van der Waals surface area contributed by atoms with Gasteiger partial charge in [-0.3, -0.25) is 4.57 Å². The van der Waals surface area contributed by atoms with Crippen molar-refractivity contribution < 1.29 is 18.8 Å². The van der Waals surface area contributed by atoms with Gasteiger partial charge in [0.05, 0.1) is 13.2 Å². The van der Waals surface area contributed by atoms with E-state index in [4.69, 9.17) is 5.11 Å². The van der Waals surface area contributed by atoms with E-state index in [0.717, 1.165) is 0 Å². The maximum absolute atomic E-state index is 10.7. The summed E-state index contributed by atoms with van der Waals surface area (Å²) in [7, 11) is -3.07. The average Bonchev–Trinajstić information content (AvgIpc) is 1.84. The van der Waals surface area contributed by atoms with E-state index in [1.165, 1.54) is 6.66 Å². The molecule has 0 radical (unpaired) electrons. The molecule has 1 unspecified atom stereocenters. The predicted molar refractivity (Wildman–Crippen MR) is 31.8 cm³/mol. The fourth-order valence-electron chi connectivity index (χ4n) is 0.237. The van der Waals surface area contributed by atoms with Gasteiger partial charge < -0.3 is 9.63 Å². The highest BCUT2D eigenvalue weighted by molar-refractivity contribution is 7.52. The maximum atomic E-state index is 10.7. The van der Waals surface area contributed by atoms with Crippen LogP contribution in [0.15, 0.2) is 0 Å². The minimum Gasteiger partial charge on any atom is -0.394 e. The van der Waals surface area contributed by atoms with Crippen LogP contribution < -0.4 is 5.90 Å². The van der Waals surface area contributed by atoms with Crippen LogP contribution in [0.2, 0.25) is 0 Å². The first-order valence-electron chi connectivity index (χ1n) is 2.34. The minimum atomic E-state index is -3.07. The van der Waals surface area contributed by atoms with Crippen molar-refractivity contribution in [2.45, 2.75) is 0 Å².